The summed E-state index contributed by atoms with van der Waals surface area (Å²) in [6.45, 7) is 8.10. The number of nitrogens with zero attached hydrogens (tertiary/aromatic N) is 1. The average molecular weight is 280 g/mol. The van der Waals surface area contributed by atoms with Crippen molar-refractivity contribution in [3.8, 4) is 0 Å². The van der Waals surface area contributed by atoms with Crippen molar-refractivity contribution in [2.45, 2.75) is 58.2 Å². The molecule has 0 aliphatic heterocycles. The average Bonchev–Trinajstić information content (AvgIpc) is 2.34. The number of alkyl halides is 3. The van der Waals surface area contributed by atoms with Crippen LogP contribution < -0.4 is 5.73 Å². The summed E-state index contributed by atoms with van der Waals surface area (Å²) in [4.78, 5) is 2.18. The predicted octanol–water partition coefficient (Wildman–Crippen LogP) is 3.41. The summed E-state index contributed by atoms with van der Waals surface area (Å²) in [5.74, 6) is -0.749. The van der Waals surface area contributed by atoms with Gasteiger partial charge in [0.15, 0.2) is 0 Å². The SMILES string of the molecule is CCN(CC(C)C)C1(CN)CCCC(C(F)(F)F)C1. The first-order valence-electron chi connectivity index (χ1n) is 7.27. The maximum Gasteiger partial charge on any atom is 0.391 e. The van der Waals surface area contributed by atoms with Gasteiger partial charge in [-0.15, -0.1) is 0 Å². The Hall–Kier alpha value is -0.290. The maximum atomic E-state index is 13.0. The minimum absolute atomic E-state index is 0.160. The summed E-state index contributed by atoms with van der Waals surface area (Å²) in [6, 6.07) is 0. The lowest BCUT2D eigenvalue weighted by molar-refractivity contribution is -0.193. The van der Waals surface area contributed by atoms with Crippen molar-refractivity contribution in [3.05, 3.63) is 0 Å². The molecule has 5 heteroatoms. The predicted molar refractivity (Wildman–Crippen MR) is 71.9 cm³/mol. The summed E-state index contributed by atoms with van der Waals surface area (Å²) < 4.78 is 39.0. The van der Waals surface area contributed by atoms with E-state index in [9.17, 15) is 13.2 Å². The van der Waals surface area contributed by atoms with Crippen LogP contribution in [-0.4, -0.2) is 36.2 Å². The highest BCUT2D eigenvalue weighted by Gasteiger charge is 2.48. The number of nitrogens with two attached hydrogens (primary N) is 1. The molecule has 0 spiro atoms. The molecule has 1 saturated carbocycles. The molecule has 0 aromatic carbocycles. The largest absolute Gasteiger partial charge is 0.391 e. The molecule has 0 amide bonds. The third-order valence-corrected chi connectivity index (χ3v) is 4.30. The second-order valence-corrected chi connectivity index (χ2v) is 6.20. The molecule has 0 radical (unpaired) electrons. The highest BCUT2D eigenvalue weighted by Crippen LogP contribution is 2.43. The first-order valence-corrected chi connectivity index (χ1v) is 7.27. The van der Waals surface area contributed by atoms with Crippen LogP contribution in [0.4, 0.5) is 13.2 Å². The zero-order chi connectivity index (χ0) is 14.7. The van der Waals surface area contributed by atoms with E-state index >= 15 is 0 Å². The van der Waals surface area contributed by atoms with Gasteiger partial charge in [0.05, 0.1) is 5.92 Å². The minimum Gasteiger partial charge on any atom is -0.329 e. The Labute approximate surface area is 114 Å². The van der Waals surface area contributed by atoms with Crippen LogP contribution in [0, 0.1) is 11.8 Å². The second kappa shape index (κ2) is 6.44. The molecule has 2 atom stereocenters. The van der Waals surface area contributed by atoms with Crippen LogP contribution in [0.25, 0.3) is 0 Å². The lowest BCUT2D eigenvalue weighted by Gasteiger charge is -2.49. The molecule has 2 unspecified atom stereocenters. The molecular formula is C14H27F3N2. The van der Waals surface area contributed by atoms with Crippen molar-refractivity contribution in [2.24, 2.45) is 17.6 Å². The summed E-state index contributed by atoms with van der Waals surface area (Å²) in [6.07, 6.45) is -2.26. The third kappa shape index (κ3) is 4.09. The molecule has 0 bridgehead atoms. The van der Waals surface area contributed by atoms with E-state index < -0.39 is 17.6 Å². The van der Waals surface area contributed by atoms with Crippen LogP contribution in [-0.2, 0) is 0 Å². The monoisotopic (exact) mass is 280 g/mol. The first kappa shape index (κ1) is 16.8. The molecule has 1 aliphatic carbocycles. The van der Waals surface area contributed by atoms with Crippen molar-refractivity contribution in [3.63, 3.8) is 0 Å². The van der Waals surface area contributed by atoms with Crippen molar-refractivity contribution < 1.29 is 13.2 Å². The molecule has 1 fully saturated rings. The number of hydrogen-bond donors (Lipinski definition) is 1. The number of likely N-dealkylation sites (N-methyl/N-ethyl adjacent to an activating group) is 1. The van der Waals surface area contributed by atoms with Gasteiger partial charge in [-0.25, -0.2) is 0 Å². The van der Waals surface area contributed by atoms with E-state index in [1.807, 2.05) is 6.92 Å². The molecule has 114 valence electrons. The number of halogens is 3. The van der Waals surface area contributed by atoms with Crippen molar-refractivity contribution in [1.29, 1.82) is 0 Å². The van der Waals surface area contributed by atoms with Gasteiger partial charge in [0, 0.05) is 18.6 Å². The van der Waals surface area contributed by atoms with Crippen LogP contribution in [0.5, 0.6) is 0 Å². The molecular weight excluding hydrogens is 253 g/mol. The zero-order valence-corrected chi connectivity index (χ0v) is 12.3. The Bertz CT molecular complexity index is 278. The highest BCUT2D eigenvalue weighted by molar-refractivity contribution is 4.98. The van der Waals surface area contributed by atoms with Gasteiger partial charge in [-0.3, -0.25) is 4.90 Å². The summed E-state index contributed by atoms with van der Waals surface area (Å²) >= 11 is 0. The summed E-state index contributed by atoms with van der Waals surface area (Å²) in [5, 5.41) is 0. The molecule has 0 heterocycles. The van der Waals surface area contributed by atoms with Gasteiger partial charge < -0.3 is 5.73 Å². The summed E-state index contributed by atoms with van der Waals surface area (Å²) in [7, 11) is 0. The maximum absolute atomic E-state index is 13.0. The van der Waals surface area contributed by atoms with Crippen molar-refractivity contribution >= 4 is 0 Å². The molecule has 0 aromatic heterocycles. The number of rotatable bonds is 5. The Morgan fingerprint density at radius 3 is 2.42 bits per heavy atom. The van der Waals surface area contributed by atoms with Gasteiger partial charge in [0.25, 0.3) is 0 Å². The quantitative estimate of drug-likeness (QED) is 0.836. The molecule has 2 N–H and O–H groups in total. The van der Waals surface area contributed by atoms with E-state index in [-0.39, 0.29) is 12.8 Å². The zero-order valence-electron chi connectivity index (χ0n) is 12.3. The molecule has 19 heavy (non-hydrogen) atoms. The van der Waals surface area contributed by atoms with Crippen molar-refractivity contribution in [1.82, 2.24) is 4.90 Å². The van der Waals surface area contributed by atoms with E-state index in [0.717, 1.165) is 19.5 Å². The van der Waals surface area contributed by atoms with Crippen LogP contribution in [0.2, 0.25) is 0 Å². The topological polar surface area (TPSA) is 29.3 Å². The van der Waals surface area contributed by atoms with E-state index in [0.29, 0.717) is 18.9 Å². The molecule has 2 nitrogen and oxygen atoms in total. The molecule has 0 saturated heterocycles. The highest BCUT2D eigenvalue weighted by atomic mass is 19.4. The van der Waals surface area contributed by atoms with Crippen LogP contribution >= 0.6 is 0 Å². The lowest BCUT2D eigenvalue weighted by Crippen LogP contribution is -2.58. The first-order chi connectivity index (χ1) is 8.75. The van der Waals surface area contributed by atoms with Gasteiger partial charge >= 0.3 is 6.18 Å². The minimum atomic E-state index is -4.09. The fraction of sp³-hybridized carbons (Fsp3) is 1.00. The molecule has 0 aromatic rings. The van der Waals surface area contributed by atoms with E-state index in [1.54, 1.807) is 0 Å². The summed E-state index contributed by atoms with van der Waals surface area (Å²) in [5.41, 5.74) is 5.43. The van der Waals surface area contributed by atoms with Gasteiger partial charge in [0.2, 0.25) is 0 Å². The second-order valence-electron chi connectivity index (χ2n) is 6.20. The van der Waals surface area contributed by atoms with Gasteiger partial charge in [-0.2, -0.15) is 13.2 Å². The molecule has 1 aliphatic rings. The standard InChI is InChI=1S/C14H27F3N2/c1-4-19(9-11(2)3)13(10-18)7-5-6-12(8-13)14(15,16)17/h11-12H,4-10,18H2,1-3H3. The van der Waals surface area contributed by atoms with E-state index in [1.165, 1.54) is 0 Å². The normalized spacial score (nSPS) is 29.2. The van der Waals surface area contributed by atoms with Crippen LogP contribution in [0.3, 0.4) is 0 Å². The fourth-order valence-electron chi connectivity index (χ4n) is 3.32. The molecule has 1 rings (SSSR count). The van der Waals surface area contributed by atoms with Crippen LogP contribution in [0.15, 0.2) is 0 Å². The third-order valence-electron chi connectivity index (χ3n) is 4.30. The number of hydrogen-bond acceptors (Lipinski definition) is 2. The van der Waals surface area contributed by atoms with E-state index in [4.69, 9.17) is 5.73 Å². The fourth-order valence-corrected chi connectivity index (χ4v) is 3.32. The van der Waals surface area contributed by atoms with Gasteiger partial charge in [-0.1, -0.05) is 27.2 Å². The lowest BCUT2D eigenvalue weighted by atomic mass is 9.74. The van der Waals surface area contributed by atoms with Gasteiger partial charge in [0.1, 0.15) is 0 Å². The smallest absolute Gasteiger partial charge is 0.329 e. The Balaban J connectivity index is 2.88. The Morgan fingerprint density at radius 1 is 1.37 bits per heavy atom. The van der Waals surface area contributed by atoms with Crippen molar-refractivity contribution in [2.75, 3.05) is 19.6 Å². The van der Waals surface area contributed by atoms with Crippen LogP contribution in [0.1, 0.15) is 46.5 Å². The van der Waals surface area contributed by atoms with E-state index in [2.05, 4.69) is 18.7 Å². The Morgan fingerprint density at radius 2 is 2.00 bits per heavy atom. The Kier molecular flexibility index (Phi) is 5.68. The van der Waals surface area contributed by atoms with Gasteiger partial charge in [-0.05, 0) is 31.7 Å².